The van der Waals surface area contributed by atoms with E-state index < -0.39 is 0 Å². The molecule has 0 spiro atoms. The molecular formula is C14H28O2. The van der Waals surface area contributed by atoms with E-state index in [1.807, 2.05) is 6.92 Å². The first-order chi connectivity index (χ1) is 7.43. The van der Waals surface area contributed by atoms with Crippen molar-refractivity contribution in [2.75, 3.05) is 0 Å². The van der Waals surface area contributed by atoms with Gasteiger partial charge in [0.2, 0.25) is 0 Å². The molecule has 0 aromatic carbocycles. The van der Waals surface area contributed by atoms with Gasteiger partial charge in [0.15, 0.2) is 0 Å². The van der Waals surface area contributed by atoms with Crippen molar-refractivity contribution >= 4 is 11.6 Å². The fourth-order valence-corrected chi connectivity index (χ4v) is 1.04. The molecule has 0 amide bonds. The highest BCUT2D eigenvalue weighted by Gasteiger charge is 1.95. The van der Waals surface area contributed by atoms with Crippen molar-refractivity contribution in [2.24, 2.45) is 5.92 Å². The molecule has 0 unspecified atom stereocenters. The molecular weight excluding hydrogens is 200 g/mol. The van der Waals surface area contributed by atoms with Crippen LogP contribution in [0.3, 0.4) is 0 Å². The average Bonchev–Trinajstić information content (AvgIpc) is 2.23. The summed E-state index contributed by atoms with van der Waals surface area (Å²) in [6.45, 7) is 9.91. The summed E-state index contributed by atoms with van der Waals surface area (Å²) in [4.78, 5) is 20.9. The van der Waals surface area contributed by atoms with Gasteiger partial charge in [-0.3, -0.25) is 4.79 Å². The van der Waals surface area contributed by atoms with Gasteiger partial charge in [0, 0.05) is 19.3 Å². The first-order valence-electron chi connectivity index (χ1n) is 6.45. The molecule has 0 rings (SSSR count). The zero-order valence-electron chi connectivity index (χ0n) is 11.6. The van der Waals surface area contributed by atoms with Gasteiger partial charge in [0.1, 0.15) is 11.6 Å². The number of rotatable bonds is 7. The highest BCUT2D eigenvalue weighted by molar-refractivity contribution is 5.77. The van der Waals surface area contributed by atoms with Crippen LogP contribution in [0.4, 0.5) is 0 Å². The highest BCUT2D eigenvalue weighted by Crippen LogP contribution is 2.02. The number of hydrogen-bond donors (Lipinski definition) is 0. The van der Waals surface area contributed by atoms with Crippen LogP contribution in [0.25, 0.3) is 0 Å². The first kappa shape index (κ1) is 17.7. The van der Waals surface area contributed by atoms with Gasteiger partial charge >= 0.3 is 0 Å². The van der Waals surface area contributed by atoms with Crippen molar-refractivity contribution in [3.63, 3.8) is 0 Å². The lowest BCUT2D eigenvalue weighted by molar-refractivity contribution is -0.119. The molecule has 0 fully saturated rings. The third kappa shape index (κ3) is 19.0. The smallest absolute Gasteiger partial charge is 0.132 e. The SMILES string of the molecule is CC(=O)CCC(C)C.CCCCC(=O)CC. The number of carbonyl (C=O) groups is 2. The monoisotopic (exact) mass is 228 g/mol. The summed E-state index contributed by atoms with van der Waals surface area (Å²) < 4.78 is 0. The average molecular weight is 228 g/mol. The van der Waals surface area contributed by atoms with Gasteiger partial charge in [0.25, 0.3) is 0 Å². The number of unbranched alkanes of at least 4 members (excludes halogenated alkanes) is 1. The summed E-state index contributed by atoms with van der Waals surface area (Å²) in [6.07, 6.45) is 5.47. The van der Waals surface area contributed by atoms with E-state index in [4.69, 9.17) is 0 Å². The van der Waals surface area contributed by atoms with Crippen molar-refractivity contribution in [3.05, 3.63) is 0 Å². The summed E-state index contributed by atoms with van der Waals surface area (Å²) in [6, 6.07) is 0. The Hall–Kier alpha value is -0.660. The van der Waals surface area contributed by atoms with E-state index in [0.717, 1.165) is 32.1 Å². The Balaban J connectivity index is 0. The fraction of sp³-hybridized carbons (Fsp3) is 0.857. The molecule has 2 heteroatoms. The quantitative estimate of drug-likeness (QED) is 0.655. The molecule has 0 aromatic rings. The van der Waals surface area contributed by atoms with Crippen molar-refractivity contribution in [3.8, 4) is 0 Å². The summed E-state index contributed by atoms with van der Waals surface area (Å²) in [5, 5.41) is 0. The highest BCUT2D eigenvalue weighted by atomic mass is 16.1. The predicted molar refractivity (Wildman–Crippen MR) is 69.6 cm³/mol. The van der Waals surface area contributed by atoms with E-state index in [-0.39, 0.29) is 0 Å². The van der Waals surface area contributed by atoms with Gasteiger partial charge in [-0.2, -0.15) is 0 Å². The lowest BCUT2D eigenvalue weighted by atomic mass is 10.1. The number of carbonyl (C=O) groups excluding carboxylic acids is 2. The molecule has 0 radical (unpaired) electrons. The summed E-state index contributed by atoms with van der Waals surface area (Å²) in [5.41, 5.74) is 0. The second-order valence-electron chi connectivity index (χ2n) is 4.63. The van der Waals surface area contributed by atoms with Crippen LogP contribution in [0.1, 0.15) is 73.1 Å². The van der Waals surface area contributed by atoms with Crippen molar-refractivity contribution in [1.29, 1.82) is 0 Å². The Morgan fingerprint density at radius 3 is 1.88 bits per heavy atom. The van der Waals surface area contributed by atoms with Crippen molar-refractivity contribution in [2.45, 2.75) is 73.1 Å². The van der Waals surface area contributed by atoms with E-state index in [9.17, 15) is 9.59 Å². The largest absolute Gasteiger partial charge is 0.300 e. The Morgan fingerprint density at radius 1 is 1.06 bits per heavy atom. The van der Waals surface area contributed by atoms with Crippen LogP contribution >= 0.6 is 0 Å². The molecule has 0 saturated heterocycles. The Bertz CT molecular complexity index is 183. The minimum atomic E-state index is 0.304. The minimum Gasteiger partial charge on any atom is -0.300 e. The van der Waals surface area contributed by atoms with E-state index in [0.29, 0.717) is 23.9 Å². The second kappa shape index (κ2) is 12.4. The lowest BCUT2D eigenvalue weighted by Gasteiger charge is -1.98. The van der Waals surface area contributed by atoms with Gasteiger partial charge in [-0.05, 0) is 25.7 Å². The molecule has 0 aliphatic rings. The summed E-state index contributed by atoms with van der Waals surface area (Å²) in [7, 11) is 0. The van der Waals surface area contributed by atoms with Crippen LogP contribution in [0.15, 0.2) is 0 Å². The molecule has 2 nitrogen and oxygen atoms in total. The van der Waals surface area contributed by atoms with E-state index in [1.54, 1.807) is 6.92 Å². The molecule has 0 saturated carbocycles. The van der Waals surface area contributed by atoms with E-state index >= 15 is 0 Å². The van der Waals surface area contributed by atoms with Crippen molar-refractivity contribution < 1.29 is 9.59 Å². The van der Waals surface area contributed by atoms with Gasteiger partial charge in [-0.1, -0.05) is 34.1 Å². The molecule has 0 aromatic heterocycles. The fourth-order valence-electron chi connectivity index (χ4n) is 1.04. The van der Waals surface area contributed by atoms with Crippen LogP contribution in [-0.4, -0.2) is 11.6 Å². The molecule has 96 valence electrons. The van der Waals surface area contributed by atoms with E-state index in [1.165, 1.54) is 0 Å². The van der Waals surface area contributed by atoms with Crippen LogP contribution in [0.5, 0.6) is 0 Å². The van der Waals surface area contributed by atoms with E-state index in [2.05, 4.69) is 20.8 Å². The van der Waals surface area contributed by atoms with Crippen LogP contribution in [0.2, 0.25) is 0 Å². The topological polar surface area (TPSA) is 34.1 Å². The van der Waals surface area contributed by atoms with Gasteiger partial charge < -0.3 is 4.79 Å². The maximum absolute atomic E-state index is 10.6. The number of hydrogen-bond acceptors (Lipinski definition) is 2. The molecule has 0 aliphatic carbocycles. The molecule has 0 N–H and O–H groups in total. The molecule has 16 heavy (non-hydrogen) atoms. The predicted octanol–water partition coefficient (Wildman–Crippen LogP) is 4.17. The molecule has 0 heterocycles. The summed E-state index contributed by atoms with van der Waals surface area (Å²) >= 11 is 0. The number of ketones is 2. The lowest BCUT2D eigenvalue weighted by Crippen LogP contribution is -1.93. The van der Waals surface area contributed by atoms with Crippen LogP contribution < -0.4 is 0 Å². The van der Waals surface area contributed by atoms with Gasteiger partial charge in [0.05, 0.1) is 0 Å². The molecule has 0 bridgehead atoms. The second-order valence-corrected chi connectivity index (χ2v) is 4.63. The van der Waals surface area contributed by atoms with Crippen molar-refractivity contribution in [1.82, 2.24) is 0 Å². The Labute approximate surface area is 101 Å². The molecule has 0 atom stereocenters. The zero-order valence-corrected chi connectivity index (χ0v) is 11.6. The van der Waals surface area contributed by atoms with Crippen LogP contribution in [-0.2, 0) is 9.59 Å². The van der Waals surface area contributed by atoms with Gasteiger partial charge in [-0.15, -0.1) is 0 Å². The number of Topliss-reactive ketones (excluding diaryl/α,β-unsaturated/α-hetero) is 2. The van der Waals surface area contributed by atoms with Crippen LogP contribution in [0, 0.1) is 5.92 Å². The summed E-state index contributed by atoms with van der Waals surface area (Å²) in [5.74, 6) is 1.37. The third-order valence-corrected chi connectivity index (χ3v) is 2.28. The third-order valence-electron chi connectivity index (χ3n) is 2.28. The molecule has 0 aliphatic heterocycles. The maximum Gasteiger partial charge on any atom is 0.132 e. The Kier molecular flexibility index (Phi) is 13.7. The normalized spacial score (nSPS) is 9.62. The zero-order chi connectivity index (χ0) is 13.0. The first-order valence-corrected chi connectivity index (χ1v) is 6.45. The minimum absolute atomic E-state index is 0.304. The van der Waals surface area contributed by atoms with Gasteiger partial charge in [-0.25, -0.2) is 0 Å². The maximum atomic E-state index is 10.6. The Morgan fingerprint density at radius 2 is 1.62 bits per heavy atom. The standard InChI is InChI=1S/2C7H14O/c1-6(2)4-5-7(3)8;1-3-5-6-7(8)4-2/h6H,4-5H2,1-3H3;3-6H2,1-2H3.